The van der Waals surface area contributed by atoms with Crippen molar-refractivity contribution in [3.05, 3.63) is 41.6 Å². The monoisotopic (exact) mass is 199 g/mol. The van der Waals surface area contributed by atoms with Crippen molar-refractivity contribution in [2.75, 3.05) is 0 Å². The zero-order valence-electron chi connectivity index (χ0n) is 9.83. The lowest BCUT2D eigenvalue weighted by molar-refractivity contribution is 0.587. The summed E-state index contributed by atoms with van der Waals surface area (Å²) in [7, 11) is 0. The highest BCUT2D eigenvalue weighted by Gasteiger charge is 2.16. The minimum atomic E-state index is 0.202. The zero-order chi connectivity index (χ0) is 11.1. The maximum atomic E-state index is 4.37. The Balaban J connectivity index is 2.73. The number of hydrogen-bond donors (Lipinski definition) is 0. The fraction of sp³-hybridized carbons (Fsp3) is 0.357. The summed E-state index contributed by atoms with van der Waals surface area (Å²) in [5, 5.41) is 1.23. The summed E-state index contributed by atoms with van der Waals surface area (Å²) in [5.41, 5.74) is 4.02. The minimum Gasteiger partial charge on any atom is -0.256 e. The predicted octanol–water partition coefficient (Wildman–Crippen LogP) is 3.84. The van der Waals surface area contributed by atoms with Gasteiger partial charge in [-0.25, -0.2) is 0 Å². The molecule has 0 saturated heterocycles. The zero-order valence-corrected chi connectivity index (χ0v) is 9.83. The van der Waals surface area contributed by atoms with Gasteiger partial charge in [-0.15, -0.1) is 0 Å². The summed E-state index contributed by atoms with van der Waals surface area (Å²) in [4.78, 5) is 4.37. The van der Waals surface area contributed by atoms with Crippen molar-refractivity contribution < 1.29 is 0 Å². The molecule has 2 aromatic rings. The molecule has 0 fully saturated rings. The molecule has 15 heavy (non-hydrogen) atoms. The Morgan fingerprint density at radius 3 is 2.53 bits per heavy atom. The number of benzene rings is 1. The third-order valence-electron chi connectivity index (χ3n) is 2.76. The van der Waals surface area contributed by atoms with Crippen LogP contribution in [0, 0.1) is 6.92 Å². The summed E-state index contributed by atoms with van der Waals surface area (Å²) in [6, 6.07) is 8.55. The topological polar surface area (TPSA) is 12.9 Å². The molecule has 0 radical (unpaired) electrons. The minimum absolute atomic E-state index is 0.202. The molecule has 0 saturated carbocycles. The quantitative estimate of drug-likeness (QED) is 0.628. The number of hydrogen-bond acceptors (Lipinski definition) is 1. The van der Waals surface area contributed by atoms with Crippen molar-refractivity contribution >= 4 is 10.9 Å². The molecule has 1 aromatic heterocycles. The van der Waals surface area contributed by atoms with Crippen molar-refractivity contribution in [1.82, 2.24) is 4.98 Å². The number of pyridine rings is 1. The van der Waals surface area contributed by atoms with E-state index in [1.165, 1.54) is 16.5 Å². The van der Waals surface area contributed by atoms with Crippen LogP contribution in [-0.4, -0.2) is 4.98 Å². The molecule has 1 nitrogen and oxygen atoms in total. The van der Waals surface area contributed by atoms with Crippen LogP contribution in [-0.2, 0) is 5.41 Å². The van der Waals surface area contributed by atoms with Gasteiger partial charge in [0, 0.05) is 11.6 Å². The first-order valence-corrected chi connectivity index (χ1v) is 5.34. The highest BCUT2D eigenvalue weighted by atomic mass is 14.6. The van der Waals surface area contributed by atoms with Crippen LogP contribution in [0.15, 0.2) is 30.5 Å². The van der Waals surface area contributed by atoms with Crippen LogP contribution >= 0.6 is 0 Å². The highest BCUT2D eigenvalue weighted by molar-refractivity contribution is 5.80. The lowest BCUT2D eigenvalue weighted by Crippen LogP contribution is -2.12. The van der Waals surface area contributed by atoms with Gasteiger partial charge < -0.3 is 0 Å². The standard InChI is InChI=1S/C14H17N/c1-10-8-13-11(6-5-7-15-13)9-12(10)14(2,3)4/h5-9H,1-4H3. The van der Waals surface area contributed by atoms with Crippen molar-refractivity contribution in [2.45, 2.75) is 33.1 Å². The second-order valence-electron chi connectivity index (χ2n) is 5.11. The Morgan fingerprint density at radius 1 is 1.13 bits per heavy atom. The molecule has 0 aliphatic heterocycles. The van der Waals surface area contributed by atoms with E-state index in [0.29, 0.717) is 0 Å². The molecule has 0 N–H and O–H groups in total. The Labute approximate surface area is 91.2 Å². The van der Waals surface area contributed by atoms with Crippen LogP contribution in [0.3, 0.4) is 0 Å². The number of fused-ring (bicyclic) bond motifs is 1. The molecular formula is C14H17N. The molecule has 0 spiro atoms. The van der Waals surface area contributed by atoms with Crippen molar-refractivity contribution in [3.8, 4) is 0 Å². The summed E-state index contributed by atoms with van der Waals surface area (Å²) in [6.45, 7) is 8.90. The SMILES string of the molecule is Cc1cc2ncccc2cc1C(C)(C)C. The van der Waals surface area contributed by atoms with Gasteiger partial charge in [0.15, 0.2) is 0 Å². The van der Waals surface area contributed by atoms with Crippen LogP contribution in [0.4, 0.5) is 0 Å². The molecule has 1 heterocycles. The Bertz CT molecular complexity index is 492. The fourth-order valence-corrected chi connectivity index (χ4v) is 2.03. The first-order chi connectivity index (χ1) is 6.98. The molecule has 0 bridgehead atoms. The van der Waals surface area contributed by atoms with E-state index in [1.54, 1.807) is 0 Å². The molecule has 78 valence electrons. The third-order valence-corrected chi connectivity index (χ3v) is 2.76. The van der Waals surface area contributed by atoms with Crippen molar-refractivity contribution in [1.29, 1.82) is 0 Å². The van der Waals surface area contributed by atoms with Gasteiger partial charge >= 0.3 is 0 Å². The summed E-state index contributed by atoms with van der Waals surface area (Å²) in [5.74, 6) is 0. The smallest absolute Gasteiger partial charge is 0.0704 e. The maximum Gasteiger partial charge on any atom is 0.0704 e. The number of rotatable bonds is 0. The Morgan fingerprint density at radius 2 is 1.87 bits per heavy atom. The van der Waals surface area contributed by atoms with Gasteiger partial charge in [-0.1, -0.05) is 26.8 Å². The molecule has 0 atom stereocenters. The van der Waals surface area contributed by atoms with E-state index >= 15 is 0 Å². The van der Waals surface area contributed by atoms with E-state index in [4.69, 9.17) is 0 Å². The molecule has 0 aliphatic carbocycles. The van der Waals surface area contributed by atoms with E-state index in [1.807, 2.05) is 12.3 Å². The van der Waals surface area contributed by atoms with Gasteiger partial charge in [-0.3, -0.25) is 4.98 Å². The normalized spacial score (nSPS) is 12.0. The van der Waals surface area contributed by atoms with E-state index in [0.717, 1.165) is 5.52 Å². The van der Waals surface area contributed by atoms with Crippen LogP contribution < -0.4 is 0 Å². The lowest BCUT2D eigenvalue weighted by atomic mass is 9.83. The van der Waals surface area contributed by atoms with Gasteiger partial charge in [-0.2, -0.15) is 0 Å². The average Bonchev–Trinajstić information content (AvgIpc) is 2.15. The molecule has 1 heteroatoms. The Kier molecular flexibility index (Phi) is 2.26. The van der Waals surface area contributed by atoms with Crippen molar-refractivity contribution in [2.24, 2.45) is 0 Å². The van der Waals surface area contributed by atoms with Gasteiger partial charge in [0.05, 0.1) is 5.52 Å². The van der Waals surface area contributed by atoms with Crippen molar-refractivity contribution in [3.63, 3.8) is 0 Å². The summed E-state index contributed by atoms with van der Waals surface area (Å²) in [6.07, 6.45) is 1.85. The molecule has 0 aliphatic rings. The number of aryl methyl sites for hydroxylation is 1. The van der Waals surface area contributed by atoms with E-state index in [2.05, 4.69) is 50.9 Å². The van der Waals surface area contributed by atoms with Gasteiger partial charge in [0.1, 0.15) is 0 Å². The first kappa shape index (κ1) is 10.2. The average molecular weight is 199 g/mol. The molecule has 2 rings (SSSR count). The second kappa shape index (κ2) is 3.34. The van der Waals surface area contributed by atoms with E-state index in [-0.39, 0.29) is 5.41 Å². The molecular weight excluding hydrogens is 182 g/mol. The Hall–Kier alpha value is -1.37. The van der Waals surface area contributed by atoms with Crippen LogP contribution in [0.25, 0.3) is 10.9 Å². The third kappa shape index (κ3) is 1.87. The maximum absolute atomic E-state index is 4.37. The lowest BCUT2D eigenvalue weighted by Gasteiger charge is -2.22. The fourth-order valence-electron chi connectivity index (χ4n) is 2.03. The molecule has 1 aromatic carbocycles. The van der Waals surface area contributed by atoms with Crippen LogP contribution in [0.2, 0.25) is 0 Å². The number of aromatic nitrogens is 1. The van der Waals surface area contributed by atoms with Crippen LogP contribution in [0.5, 0.6) is 0 Å². The van der Waals surface area contributed by atoms with Crippen LogP contribution in [0.1, 0.15) is 31.9 Å². The second-order valence-corrected chi connectivity index (χ2v) is 5.11. The predicted molar refractivity (Wildman–Crippen MR) is 65.2 cm³/mol. The van der Waals surface area contributed by atoms with Gasteiger partial charge in [0.2, 0.25) is 0 Å². The molecule has 0 unspecified atom stereocenters. The molecule has 0 amide bonds. The first-order valence-electron chi connectivity index (χ1n) is 5.34. The van der Waals surface area contributed by atoms with Gasteiger partial charge in [-0.05, 0) is 41.7 Å². The number of nitrogens with zero attached hydrogens (tertiary/aromatic N) is 1. The van der Waals surface area contributed by atoms with Gasteiger partial charge in [0.25, 0.3) is 0 Å². The summed E-state index contributed by atoms with van der Waals surface area (Å²) < 4.78 is 0. The summed E-state index contributed by atoms with van der Waals surface area (Å²) >= 11 is 0. The largest absolute Gasteiger partial charge is 0.256 e. The van der Waals surface area contributed by atoms with E-state index < -0.39 is 0 Å². The van der Waals surface area contributed by atoms with E-state index in [9.17, 15) is 0 Å². The highest BCUT2D eigenvalue weighted by Crippen LogP contribution is 2.28.